The van der Waals surface area contributed by atoms with E-state index in [2.05, 4.69) is 24.4 Å². The molecular formula is C18H19F2N. The van der Waals surface area contributed by atoms with Gasteiger partial charge in [-0.2, -0.15) is 0 Å². The predicted octanol–water partition coefficient (Wildman–Crippen LogP) is 4.35. The molecule has 1 aliphatic carbocycles. The van der Waals surface area contributed by atoms with Gasteiger partial charge in [0, 0.05) is 12.0 Å². The van der Waals surface area contributed by atoms with E-state index in [1.807, 2.05) is 12.1 Å². The summed E-state index contributed by atoms with van der Waals surface area (Å²) in [5, 5.41) is 3.49. The van der Waals surface area contributed by atoms with Gasteiger partial charge >= 0.3 is 0 Å². The van der Waals surface area contributed by atoms with Crippen LogP contribution >= 0.6 is 0 Å². The Bertz CT molecular complexity index is 639. The molecule has 0 spiro atoms. The number of halogens is 2. The van der Waals surface area contributed by atoms with E-state index >= 15 is 0 Å². The van der Waals surface area contributed by atoms with Gasteiger partial charge in [0.15, 0.2) is 11.6 Å². The molecule has 0 heterocycles. The molecule has 0 saturated carbocycles. The first-order valence-corrected chi connectivity index (χ1v) is 7.47. The highest BCUT2D eigenvalue weighted by molar-refractivity contribution is 5.43. The van der Waals surface area contributed by atoms with E-state index in [1.54, 1.807) is 6.07 Å². The molecule has 110 valence electrons. The summed E-state index contributed by atoms with van der Waals surface area (Å²) < 4.78 is 26.7. The molecule has 0 amide bonds. The molecule has 2 aromatic carbocycles. The zero-order chi connectivity index (χ0) is 14.8. The summed E-state index contributed by atoms with van der Waals surface area (Å²) in [5.41, 5.74) is 3.49. The second-order valence-corrected chi connectivity index (χ2v) is 5.61. The maximum atomic E-state index is 13.5. The van der Waals surface area contributed by atoms with Gasteiger partial charge in [0.05, 0.1) is 0 Å². The topological polar surface area (TPSA) is 12.0 Å². The fourth-order valence-electron chi connectivity index (χ4n) is 3.09. The van der Waals surface area contributed by atoms with Crippen LogP contribution in [0.15, 0.2) is 42.5 Å². The molecule has 21 heavy (non-hydrogen) atoms. The van der Waals surface area contributed by atoms with Gasteiger partial charge in [-0.05, 0) is 48.2 Å². The number of benzene rings is 2. The van der Waals surface area contributed by atoms with Gasteiger partial charge in [-0.1, -0.05) is 37.3 Å². The maximum absolute atomic E-state index is 13.5. The molecule has 1 aliphatic rings. The normalized spacial score (nSPS) is 18.0. The van der Waals surface area contributed by atoms with Crippen molar-refractivity contribution in [1.29, 1.82) is 0 Å². The van der Waals surface area contributed by atoms with Gasteiger partial charge < -0.3 is 5.32 Å². The average molecular weight is 287 g/mol. The highest BCUT2D eigenvalue weighted by atomic mass is 19.2. The molecule has 1 N–H and O–H groups in total. The summed E-state index contributed by atoms with van der Waals surface area (Å²) in [6, 6.07) is 12.6. The Balaban J connectivity index is 1.90. The van der Waals surface area contributed by atoms with Crippen LogP contribution in [0.3, 0.4) is 0 Å². The Hall–Kier alpha value is -1.74. The summed E-state index contributed by atoms with van der Waals surface area (Å²) in [5.74, 6) is -1.23. The van der Waals surface area contributed by atoms with Crippen molar-refractivity contribution in [2.75, 3.05) is 6.54 Å². The van der Waals surface area contributed by atoms with Crippen molar-refractivity contribution in [1.82, 2.24) is 5.32 Å². The maximum Gasteiger partial charge on any atom is 0.159 e. The lowest BCUT2D eigenvalue weighted by Crippen LogP contribution is -2.33. The van der Waals surface area contributed by atoms with Crippen LogP contribution in [0.2, 0.25) is 0 Å². The first kappa shape index (κ1) is 14.2. The Morgan fingerprint density at radius 1 is 1.14 bits per heavy atom. The Kier molecular flexibility index (Phi) is 4.02. The molecular weight excluding hydrogens is 268 g/mol. The lowest BCUT2D eigenvalue weighted by molar-refractivity contribution is 0.408. The number of hydrogen-bond donors (Lipinski definition) is 1. The van der Waals surface area contributed by atoms with Crippen molar-refractivity contribution in [3.63, 3.8) is 0 Å². The standard InChI is InChI=1S/C18H19F2N/c1-2-9-21-18(13-7-8-16(19)17(20)11-13)15-10-12-5-3-4-6-14(12)15/h3-8,11,15,18,21H,2,9-10H2,1H3. The average Bonchev–Trinajstić information content (AvgIpc) is 2.47. The molecule has 3 rings (SSSR count). The molecule has 0 aromatic heterocycles. The van der Waals surface area contributed by atoms with Gasteiger partial charge in [0.25, 0.3) is 0 Å². The van der Waals surface area contributed by atoms with Crippen LogP contribution < -0.4 is 5.32 Å². The molecule has 2 aromatic rings. The van der Waals surface area contributed by atoms with E-state index in [4.69, 9.17) is 0 Å². The molecule has 0 fully saturated rings. The summed E-state index contributed by atoms with van der Waals surface area (Å²) in [6.45, 7) is 2.96. The minimum absolute atomic E-state index is 0.0370. The Labute approximate surface area is 124 Å². The lowest BCUT2D eigenvalue weighted by atomic mass is 9.71. The summed E-state index contributed by atoms with van der Waals surface area (Å²) in [6.07, 6.45) is 1.99. The zero-order valence-corrected chi connectivity index (χ0v) is 12.1. The minimum Gasteiger partial charge on any atom is -0.309 e. The zero-order valence-electron chi connectivity index (χ0n) is 12.1. The fraction of sp³-hybridized carbons (Fsp3) is 0.333. The Morgan fingerprint density at radius 3 is 2.67 bits per heavy atom. The van der Waals surface area contributed by atoms with Crippen LogP contribution in [0.25, 0.3) is 0 Å². The molecule has 2 unspecified atom stereocenters. The number of hydrogen-bond acceptors (Lipinski definition) is 1. The SMILES string of the molecule is CCCNC(c1ccc(F)c(F)c1)C1Cc2ccccc21. The van der Waals surface area contributed by atoms with Crippen molar-refractivity contribution < 1.29 is 8.78 Å². The summed E-state index contributed by atoms with van der Waals surface area (Å²) >= 11 is 0. The molecule has 0 aliphatic heterocycles. The first-order valence-electron chi connectivity index (χ1n) is 7.47. The quantitative estimate of drug-likeness (QED) is 0.862. The molecule has 1 nitrogen and oxygen atoms in total. The van der Waals surface area contributed by atoms with E-state index in [0.29, 0.717) is 5.92 Å². The Morgan fingerprint density at radius 2 is 1.95 bits per heavy atom. The van der Waals surface area contributed by atoms with E-state index in [9.17, 15) is 8.78 Å². The lowest BCUT2D eigenvalue weighted by Gasteiger charge is -2.37. The van der Waals surface area contributed by atoms with Gasteiger partial charge in [-0.15, -0.1) is 0 Å². The third-order valence-electron chi connectivity index (χ3n) is 4.21. The molecule has 0 radical (unpaired) electrons. The number of fused-ring (bicyclic) bond motifs is 1. The van der Waals surface area contributed by atoms with Gasteiger partial charge in [-0.3, -0.25) is 0 Å². The van der Waals surface area contributed by atoms with E-state index in [0.717, 1.165) is 24.9 Å². The van der Waals surface area contributed by atoms with E-state index in [-0.39, 0.29) is 6.04 Å². The monoisotopic (exact) mass is 287 g/mol. The molecule has 2 atom stereocenters. The highest BCUT2D eigenvalue weighted by Crippen LogP contribution is 2.43. The molecule has 0 bridgehead atoms. The third-order valence-corrected chi connectivity index (χ3v) is 4.21. The number of nitrogens with one attached hydrogen (secondary N) is 1. The highest BCUT2D eigenvalue weighted by Gasteiger charge is 2.33. The fourth-order valence-corrected chi connectivity index (χ4v) is 3.09. The van der Waals surface area contributed by atoms with Crippen LogP contribution in [-0.2, 0) is 6.42 Å². The van der Waals surface area contributed by atoms with Gasteiger partial charge in [0.2, 0.25) is 0 Å². The van der Waals surface area contributed by atoms with Gasteiger partial charge in [0.1, 0.15) is 0 Å². The number of rotatable bonds is 5. The van der Waals surface area contributed by atoms with Crippen LogP contribution in [0.1, 0.15) is 42.0 Å². The van der Waals surface area contributed by atoms with Crippen molar-refractivity contribution >= 4 is 0 Å². The van der Waals surface area contributed by atoms with Crippen molar-refractivity contribution in [2.45, 2.75) is 31.7 Å². The minimum atomic E-state index is -0.790. The van der Waals surface area contributed by atoms with Crippen molar-refractivity contribution in [3.8, 4) is 0 Å². The van der Waals surface area contributed by atoms with Crippen molar-refractivity contribution in [3.05, 3.63) is 70.8 Å². The van der Waals surface area contributed by atoms with E-state index < -0.39 is 11.6 Å². The van der Waals surface area contributed by atoms with E-state index in [1.165, 1.54) is 23.3 Å². The van der Waals surface area contributed by atoms with Crippen LogP contribution in [0.5, 0.6) is 0 Å². The second kappa shape index (κ2) is 5.94. The van der Waals surface area contributed by atoms with Crippen molar-refractivity contribution in [2.24, 2.45) is 0 Å². The van der Waals surface area contributed by atoms with Crippen LogP contribution in [-0.4, -0.2) is 6.54 Å². The summed E-state index contributed by atoms with van der Waals surface area (Å²) in [7, 11) is 0. The first-order chi connectivity index (χ1) is 10.2. The third kappa shape index (κ3) is 2.70. The predicted molar refractivity (Wildman–Crippen MR) is 80.3 cm³/mol. The van der Waals surface area contributed by atoms with Crippen LogP contribution in [0.4, 0.5) is 8.78 Å². The second-order valence-electron chi connectivity index (χ2n) is 5.61. The molecule has 0 saturated heterocycles. The largest absolute Gasteiger partial charge is 0.309 e. The smallest absolute Gasteiger partial charge is 0.159 e. The van der Waals surface area contributed by atoms with Gasteiger partial charge in [-0.25, -0.2) is 8.78 Å². The summed E-state index contributed by atoms with van der Waals surface area (Å²) in [4.78, 5) is 0. The van der Waals surface area contributed by atoms with Crippen LogP contribution in [0, 0.1) is 11.6 Å². The molecule has 3 heteroatoms.